The van der Waals surface area contributed by atoms with Crippen molar-refractivity contribution in [3.05, 3.63) is 23.3 Å². The van der Waals surface area contributed by atoms with Gasteiger partial charge >= 0.3 is 0 Å². The van der Waals surface area contributed by atoms with Crippen LogP contribution in [0.3, 0.4) is 0 Å². The third-order valence-electron chi connectivity index (χ3n) is 2.28. The second kappa shape index (κ2) is 5.86. The van der Waals surface area contributed by atoms with Gasteiger partial charge in [0.25, 0.3) is 0 Å². The monoisotopic (exact) mass is 239 g/mol. The molecule has 0 bridgehead atoms. The first kappa shape index (κ1) is 13.0. The van der Waals surface area contributed by atoms with E-state index in [1.165, 1.54) is 0 Å². The van der Waals surface area contributed by atoms with E-state index in [-0.39, 0.29) is 5.78 Å². The summed E-state index contributed by atoms with van der Waals surface area (Å²) in [5, 5.41) is 0. The van der Waals surface area contributed by atoms with Crippen molar-refractivity contribution in [1.82, 2.24) is 0 Å². The number of carbonyl (C=O) groups excluding carboxylic acids is 1. The Kier molecular flexibility index (Phi) is 4.75. The summed E-state index contributed by atoms with van der Waals surface area (Å²) in [7, 11) is 6.41. The van der Waals surface area contributed by atoms with Crippen LogP contribution in [0, 0.1) is 6.92 Å². The van der Waals surface area contributed by atoms with Gasteiger partial charge in [0.1, 0.15) is 17.1 Å². The molecule has 0 fully saturated rings. The quantitative estimate of drug-likeness (QED) is 0.585. The molecule has 1 rings (SSSR count). The second-order valence-corrected chi connectivity index (χ2v) is 3.97. The van der Waals surface area contributed by atoms with E-state index in [9.17, 15) is 4.79 Å². The minimum atomic E-state index is 0.0173. The first-order valence-electron chi connectivity index (χ1n) is 5.04. The van der Waals surface area contributed by atoms with Crippen molar-refractivity contribution in [2.24, 2.45) is 0 Å². The van der Waals surface area contributed by atoms with Gasteiger partial charge < -0.3 is 18.7 Å². The zero-order chi connectivity index (χ0) is 12.1. The number of aryl methyl sites for hydroxylation is 1. The molecule has 0 heterocycles. The van der Waals surface area contributed by atoms with Crippen molar-refractivity contribution < 1.29 is 14.3 Å². The smallest absolute Gasteiger partial charge is 0.167 e. The third-order valence-corrected chi connectivity index (χ3v) is 2.53. The number of carbonyl (C=O) groups is 1. The van der Waals surface area contributed by atoms with Crippen LogP contribution in [-0.4, -0.2) is 26.2 Å². The Balaban J connectivity index is 3.27. The maximum atomic E-state index is 11.9. The van der Waals surface area contributed by atoms with Crippen molar-refractivity contribution in [3.63, 3.8) is 0 Å². The van der Waals surface area contributed by atoms with Crippen LogP contribution in [0.2, 0.25) is 0 Å². The first-order valence-corrected chi connectivity index (χ1v) is 5.75. The molecule has 0 spiro atoms. The summed E-state index contributed by atoms with van der Waals surface area (Å²) in [4.78, 5) is 11.9. The van der Waals surface area contributed by atoms with Crippen LogP contribution < -0.4 is 9.47 Å². The minimum absolute atomic E-state index is 0.0173. The van der Waals surface area contributed by atoms with E-state index in [0.29, 0.717) is 29.6 Å². The van der Waals surface area contributed by atoms with Gasteiger partial charge in [0.05, 0.1) is 14.2 Å². The second-order valence-electron chi connectivity index (χ2n) is 3.47. The van der Waals surface area contributed by atoms with Crippen LogP contribution in [0.5, 0.6) is 11.5 Å². The van der Waals surface area contributed by atoms with E-state index >= 15 is 0 Å². The highest BCUT2D eigenvalue weighted by Gasteiger charge is 2.17. The van der Waals surface area contributed by atoms with Crippen LogP contribution in [0.4, 0.5) is 0 Å². The standard InChI is InChI=1S/C12H16O3P/c1-8-6-10(14-2)12(9(13)4-5-16)11(7-8)15-3/h6-7,16H,4-5H2,1-3H3/q-1. The van der Waals surface area contributed by atoms with Gasteiger partial charge in [-0.3, -0.25) is 4.79 Å². The molecule has 0 N–H and O–H groups in total. The fourth-order valence-corrected chi connectivity index (χ4v) is 1.78. The number of hydrogen-bond donors (Lipinski definition) is 0. The number of ether oxygens (including phenoxy) is 2. The van der Waals surface area contributed by atoms with Crippen molar-refractivity contribution in [2.75, 3.05) is 20.4 Å². The molecule has 0 saturated carbocycles. The SMILES string of the molecule is COc1cc(C)cc(OC)c1C(=O)CC[PH-]. The van der Waals surface area contributed by atoms with E-state index in [4.69, 9.17) is 9.47 Å². The molecule has 0 aliphatic rings. The number of ketones is 1. The Bertz CT molecular complexity index is 363. The molecule has 0 aliphatic carbocycles. The fraction of sp³-hybridized carbons (Fsp3) is 0.417. The normalized spacial score (nSPS) is 10.0. The van der Waals surface area contributed by atoms with Crippen LogP contribution in [0.1, 0.15) is 22.3 Å². The molecule has 4 heteroatoms. The summed E-state index contributed by atoms with van der Waals surface area (Å²) in [6, 6.07) is 3.67. The topological polar surface area (TPSA) is 35.5 Å². The van der Waals surface area contributed by atoms with Crippen LogP contribution in [-0.2, 0) is 0 Å². The van der Waals surface area contributed by atoms with E-state index in [0.717, 1.165) is 5.56 Å². The van der Waals surface area contributed by atoms with E-state index in [1.54, 1.807) is 14.2 Å². The van der Waals surface area contributed by atoms with Gasteiger partial charge in [0.2, 0.25) is 0 Å². The molecule has 0 unspecified atom stereocenters. The van der Waals surface area contributed by atoms with E-state index < -0.39 is 0 Å². The molecule has 0 aromatic heterocycles. The van der Waals surface area contributed by atoms with Crippen LogP contribution in [0.15, 0.2) is 12.1 Å². The highest BCUT2D eigenvalue weighted by molar-refractivity contribution is 7.16. The molecule has 1 aromatic rings. The molecule has 0 radical (unpaired) electrons. The van der Waals surface area contributed by atoms with Crippen molar-refractivity contribution in [3.8, 4) is 11.5 Å². The average molecular weight is 239 g/mol. The van der Waals surface area contributed by atoms with E-state index in [2.05, 4.69) is 9.24 Å². The van der Waals surface area contributed by atoms with Gasteiger partial charge in [-0.05, 0) is 31.0 Å². The molecular formula is C12H16O3P-. The lowest BCUT2D eigenvalue weighted by Gasteiger charge is -2.13. The van der Waals surface area contributed by atoms with Crippen LogP contribution in [0.25, 0.3) is 0 Å². The molecule has 0 aliphatic heterocycles. The zero-order valence-corrected chi connectivity index (χ0v) is 10.8. The largest absolute Gasteiger partial charge is 0.558 e. The van der Waals surface area contributed by atoms with Gasteiger partial charge in [0.15, 0.2) is 5.78 Å². The summed E-state index contributed by atoms with van der Waals surface area (Å²) in [6.07, 6.45) is 1.05. The Morgan fingerprint density at radius 2 is 1.75 bits per heavy atom. The number of hydrogen-bond acceptors (Lipinski definition) is 3. The van der Waals surface area contributed by atoms with Crippen molar-refractivity contribution in [1.29, 1.82) is 0 Å². The molecule has 0 amide bonds. The van der Waals surface area contributed by atoms with Gasteiger partial charge in [-0.1, -0.05) is 0 Å². The van der Waals surface area contributed by atoms with Crippen molar-refractivity contribution in [2.45, 2.75) is 13.3 Å². The highest BCUT2D eigenvalue weighted by atomic mass is 31.0. The third kappa shape index (κ3) is 2.73. The van der Waals surface area contributed by atoms with Gasteiger partial charge in [0, 0.05) is 0 Å². The number of rotatable bonds is 5. The summed E-state index contributed by atoms with van der Waals surface area (Å²) in [6.45, 7) is 1.93. The van der Waals surface area contributed by atoms with Gasteiger partial charge in [-0.15, -0.1) is 0 Å². The predicted molar refractivity (Wildman–Crippen MR) is 66.4 cm³/mol. The lowest BCUT2D eigenvalue weighted by molar-refractivity contribution is 0.0983. The first-order chi connectivity index (χ1) is 7.63. The van der Waals surface area contributed by atoms with E-state index in [1.807, 2.05) is 19.1 Å². The Morgan fingerprint density at radius 1 is 1.25 bits per heavy atom. The molecule has 0 saturated heterocycles. The Labute approximate surface area is 98.3 Å². The summed E-state index contributed by atoms with van der Waals surface area (Å²) in [5.41, 5.74) is 1.53. The molecule has 1 aromatic carbocycles. The number of Topliss-reactive ketones (excluding diaryl/α,β-unsaturated/α-hetero) is 1. The summed E-state index contributed by atoms with van der Waals surface area (Å²) < 4.78 is 10.4. The predicted octanol–water partition coefficient (Wildman–Crippen LogP) is 2.73. The minimum Gasteiger partial charge on any atom is -0.558 e. The van der Waals surface area contributed by atoms with Crippen molar-refractivity contribution >= 4 is 15.0 Å². The summed E-state index contributed by atoms with van der Waals surface area (Å²) >= 11 is 0. The molecule has 88 valence electrons. The van der Waals surface area contributed by atoms with Crippen LogP contribution >= 0.6 is 9.24 Å². The molecular weight excluding hydrogens is 223 g/mol. The van der Waals surface area contributed by atoms with Gasteiger partial charge in [-0.25, -0.2) is 0 Å². The molecule has 16 heavy (non-hydrogen) atoms. The maximum absolute atomic E-state index is 11.9. The molecule has 3 nitrogen and oxygen atoms in total. The number of benzene rings is 1. The Hall–Kier alpha value is -1.08. The summed E-state index contributed by atoms with van der Waals surface area (Å²) in [5.74, 6) is 1.16. The highest BCUT2D eigenvalue weighted by Crippen LogP contribution is 2.31. The Morgan fingerprint density at radius 3 is 2.12 bits per heavy atom. The fourth-order valence-electron chi connectivity index (χ4n) is 1.56. The lowest BCUT2D eigenvalue weighted by atomic mass is 10.0. The average Bonchev–Trinajstić information content (AvgIpc) is 2.27. The lowest BCUT2D eigenvalue weighted by Crippen LogP contribution is -2.06. The maximum Gasteiger partial charge on any atom is 0.167 e. The van der Waals surface area contributed by atoms with Gasteiger partial charge in [-0.2, -0.15) is 6.16 Å². The number of methoxy groups -OCH3 is 2. The molecule has 0 atom stereocenters. The zero-order valence-electron chi connectivity index (χ0n) is 9.79.